The Kier molecular flexibility index (Phi) is 18.3. The van der Waals surface area contributed by atoms with Crippen LogP contribution in [0, 0.1) is 0 Å². The Labute approximate surface area is 127 Å². The molecule has 0 aromatic heterocycles. The number of unbranched alkanes of at least 4 members (excludes halogenated alkanes) is 8. The molecule has 1 amide bonds. The van der Waals surface area contributed by atoms with Gasteiger partial charge in [-0.15, -0.1) is 4.99 Å². The zero-order valence-electron chi connectivity index (χ0n) is 11.3. The van der Waals surface area contributed by atoms with E-state index in [1.54, 1.807) is 0 Å². The van der Waals surface area contributed by atoms with Gasteiger partial charge < -0.3 is 0 Å². The van der Waals surface area contributed by atoms with Gasteiger partial charge in [0, 0.05) is 36.0 Å². The Morgan fingerprint density at radius 2 is 1.41 bits per heavy atom. The minimum absolute atomic E-state index is 0. The summed E-state index contributed by atoms with van der Waals surface area (Å²) in [6.07, 6.45) is 12.6. The second-order valence-electron chi connectivity index (χ2n) is 4.18. The van der Waals surface area contributed by atoms with Crippen molar-refractivity contribution in [1.29, 1.82) is 0 Å². The fourth-order valence-electron chi connectivity index (χ4n) is 1.69. The zero-order chi connectivity index (χ0) is 12.1. The van der Waals surface area contributed by atoms with Crippen molar-refractivity contribution in [3.63, 3.8) is 0 Å². The first-order valence-electron chi connectivity index (χ1n) is 6.42. The Morgan fingerprint density at radius 3 is 1.88 bits per heavy atom. The number of hydrogen-bond donors (Lipinski definition) is 0. The molecule has 3 nitrogen and oxygen atoms in total. The molecule has 0 saturated heterocycles. The van der Waals surface area contributed by atoms with Crippen molar-refractivity contribution in [3.8, 4) is 0 Å². The van der Waals surface area contributed by atoms with E-state index in [9.17, 15) is 9.59 Å². The van der Waals surface area contributed by atoms with Crippen molar-refractivity contribution >= 4 is 41.5 Å². The van der Waals surface area contributed by atoms with E-state index in [0.29, 0.717) is 6.42 Å². The summed E-state index contributed by atoms with van der Waals surface area (Å²) >= 11 is 0. The van der Waals surface area contributed by atoms with Gasteiger partial charge in [0.1, 0.15) is 0 Å². The molecule has 0 saturated carbocycles. The quantitative estimate of drug-likeness (QED) is 0.257. The number of nitrogens with zero attached hydrogens (tertiary/aromatic N) is 1. The number of rotatable bonds is 10. The molecule has 0 aromatic carbocycles. The SMILES string of the molecule is CCCCCCCCCCCC(=O)N=C=O.[Na]. The van der Waals surface area contributed by atoms with Crippen molar-refractivity contribution in [2.45, 2.75) is 71.1 Å². The van der Waals surface area contributed by atoms with Crippen LogP contribution in [0.4, 0.5) is 0 Å². The maximum atomic E-state index is 10.8. The molecule has 0 unspecified atom stereocenters. The summed E-state index contributed by atoms with van der Waals surface area (Å²) in [4.78, 5) is 23.6. The molecule has 17 heavy (non-hydrogen) atoms. The van der Waals surface area contributed by atoms with E-state index in [-0.39, 0.29) is 35.5 Å². The Morgan fingerprint density at radius 1 is 0.941 bits per heavy atom. The first-order chi connectivity index (χ1) is 7.81. The van der Waals surface area contributed by atoms with Crippen LogP contribution >= 0.6 is 0 Å². The molecule has 0 aliphatic carbocycles. The van der Waals surface area contributed by atoms with Crippen molar-refractivity contribution in [2.24, 2.45) is 4.99 Å². The second kappa shape index (κ2) is 16.1. The Bertz CT molecular complexity index is 225. The van der Waals surface area contributed by atoms with Crippen LogP contribution in [0.25, 0.3) is 0 Å². The second-order valence-corrected chi connectivity index (χ2v) is 4.18. The van der Waals surface area contributed by atoms with Gasteiger partial charge in [-0.3, -0.25) is 4.79 Å². The third-order valence-electron chi connectivity index (χ3n) is 2.66. The van der Waals surface area contributed by atoms with Gasteiger partial charge in [0.2, 0.25) is 6.08 Å². The van der Waals surface area contributed by atoms with E-state index >= 15 is 0 Å². The van der Waals surface area contributed by atoms with Crippen molar-refractivity contribution < 1.29 is 9.59 Å². The molecule has 0 spiro atoms. The summed E-state index contributed by atoms with van der Waals surface area (Å²) in [7, 11) is 0. The molecule has 0 aliphatic heterocycles. The molecule has 1 radical (unpaired) electrons. The third-order valence-corrected chi connectivity index (χ3v) is 2.66. The van der Waals surface area contributed by atoms with Crippen LogP contribution in [0.3, 0.4) is 0 Å². The van der Waals surface area contributed by atoms with Crippen molar-refractivity contribution in [3.05, 3.63) is 0 Å². The molecular formula is C13H23NNaO2. The predicted molar refractivity (Wildman–Crippen MR) is 70.7 cm³/mol. The first-order valence-corrected chi connectivity index (χ1v) is 6.42. The molecule has 0 atom stereocenters. The van der Waals surface area contributed by atoms with Crippen LogP contribution in [0.5, 0.6) is 0 Å². The molecule has 0 aliphatic rings. The van der Waals surface area contributed by atoms with E-state index in [0.717, 1.165) is 12.8 Å². The number of isocyanates is 1. The number of hydrogen-bond acceptors (Lipinski definition) is 2. The molecule has 0 N–H and O–H groups in total. The van der Waals surface area contributed by atoms with Gasteiger partial charge in [0.05, 0.1) is 0 Å². The summed E-state index contributed by atoms with van der Waals surface area (Å²) in [5.74, 6) is -0.335. The zero-order valence-corrected chi connectivity index (χ0v) is 13.3. The van der Waals surface area contributed by atoms with E-state index in [4.69, 9.17) is 0 Å². The standard InChI is InChI=1S/C13H23NO2.Na/c1-2-3-4-5-6-7-8-9-10-11-13(16)14-12-15;/h2-11H2,1H3;. The van der Waals surface area contributed by atoms with Gasteiger partial charge >= 0.3 is 0 Å². The molecule has 0 bridgehead atoms. The molecule has 93 valence electrons. The van der Waals surface area contributed by atoms with Gasteiger partial charge in [-0.05, 0) is 6.42 Å². The molecule has 0 heterocycles. The maximum absolute atomic E-state index is 10.8. The fourth-order valence-corrected chi connectivity index (χ4v) is 1.69. The summed E-state index contributed by atoms with van der Waals surface area (Å²) in [6, 6.07) is 0. The molecule has 0 aromatic rings. The van der Waals surface area contributed by atoms with Gasteiger partial charge in [0.15, 0.2) is 0 Å². The summed E-state index contributed by atoms with van der Waals surface area (Å²) in [5.41, 5.74) is 0. The van der Waals surface area contributed by atoms with Crippen LogP contribution in [0.15, 0.2) is 4.99 Å². The van der Waals surface area contributed by atoms with Crippen LogP contribution in [0.2, 0.25) is 0 Å². The summed E-state index contributed by atoms with van der Waals surface area (Å²) in [6.45, 7) is 2.22. The van der Waals surface area contributed by atoms with Crippen LogP contribution < -0.4 is 0 Å². The summed E-state index contributed by atoms with van der Waals surface area (Å²) < 4.78 is 0. The third kappa shape index (κ3) is 16.1. The Hall–Kier alpha value is 0.0500. The van der Waals surface area contributed by atoms with E-state index < -0.39 is 0 Å². The predicted octanol–water partition coefficient (Wildman–Crippen LogP) is 3.39. The number of carbonyl (C=O) groups excluding carboxylic acids is 2. The largest absolute Gasteiger partial charge is 0.272 e. The Balaban J connectivity index is 0. The van der Waals surface area contributed by atoms with E-state index in [1.165, 1.54) is 51.0 Å². The fraction of sp³-hybridized carbons (Fsp3) is 0.846. The van der Waals surface area contributed by atoms with Crippen LogP contribution in [-0.2, 0) is 9.59 Å². The average Bonchev–Trinajstić information content (AvgIpc) is 2.27. The number of aliphatic imine (C=N–C) groups is 1. The van der Waals surface area contributed by atoms with Gasteiger partial charge in [0.25, 0.3) is 5.91 Å². The van der Waals surface area contributed by atoms with Gasteiger partial charge in [-0.2, -0.15) is 0 Å². The minimum Gasteiger partial charge on any atom is -0.272 e. The number of carbonyl (C=O) groups is 1. The number of amides is 1. The smallest absolute Gasteiger partial charge is 0.256 e. The first kappa shape index (κ1) is 19.4. The molecule has 0 fully saturated rings. The van der Waals surface area contributed by atoms with Gasteiger partial charge in [-0.25, -0.2) is 4.79 Å². The van der Waals surface area contributed by atoms with Crippen LogP contribution in [-0.4, -0.2) is 41.5 Å². The summed E-state index contributed by atoms with van der Waals surface area (Å²) in [5, 5.41) is 0. The van der Waals surface area contributed by atoms with E-state index in [1.807, 2.05) is 0 Å². The van der Waals surface area contributed by atoms with Crippen molar-refractivity contribution in [2.75, 3.05) is 0 Å². The molecular weight excluding hydrogens is 225 g/mol. The molecule has 4 heteroatoms. The molecule has 0 rings (SSSR count). The van der Waals surface area contributed by atoms with E-state index in [2.05, 4.69) is 11.9 Å². The van der Waals surface area contributed by atoms with Crippen molar-refractivity contribution in [1.82, 2.24) is 0 Å². The van der Waals surface area contributed by atoms with Crippen LogP contribution in [0.1, 0.15) is 71.1 Å². The topological polar surface area (TPSA) is 46.5 Å². The maximum Gasteiger partial charge on any atom is 0.256 e. The monoisotopic (exact) mass is 248 g/mol. The average molecular weight is 248 g/mol. The van der Waals surface area contributed by atoms with Gasteiger partial charge in [-0.1, -0.05) is 58.3 Å². The minimum atomic E-state index is -0.335. The normalized spacial score (nSPS) is 9.24.